The second kappa shape index (κ2) is 4.89. The molecule has 0 radical (unpaired) electrons. The lowest BCUT2D eigenvalue weighted by Gasteiger charge is -1.88. The van der Waals surface area contributed by atoms with Gasteiger partial charge in [0.15, 0.2) is 0 Å². The van der Waals surface area contributed by atoms with E-state index in [4.69, 9.17) is 4.42 Å². The summed E-state index contributed by atoms with van der Waals surface area (Å²) in [6.07, 6.45) is 2.55. The Morgan fingerprint density at radius 2 is 2.50 bits per heavy atom. The highest BCUT2D eigenvalue weighted by molar-refractivity contribution is 7.99. The summed E-state index contributed by atoms with van der Waals surface area (Å²) in [6.45, 7) is 3.76. The van der Waals surface area contributed by atoms with Crippen molar-refractivity contribution < 1.29 is 4.42 Å². The molecule has 0 aliphatic heterocycles. The van der Waals surface area contributed by atoms with Crippen molar-refractivity contribution in [2.75, 3.05) is 5.75 Å². The van der Waals surface area contributed by atoms with Crippen LogP contribution in [0.15, 0.2) is 15.9 Å². The highest BCUT2D eigenvalue weighted by atomic mass is 32.2. The fourth-order valence-corrected chi connectivity index (χ4v) is 1.42. The van der Waals surface area contributed by atoms with Gasteiger partial charge < -0.3 is 4.42 Å². The van der Waals surface area contributed by atoms with Gasteiger partial charge in [-0.05, 0) is 13.8 Å². The lowest BCUT2D eigenvalue weighted by molar-refractivity contribution is 0.454. The van der Waals surface area contributed by atoms with Gasteiger partial charge in [0.25, 0.3) is 5.22 Å². The van der Waals surface area contributed by atoms with Gasteiger partial charge in [0.2, 0.25) is 0 Å². The molecule has 0 fully saturated rings. The van der Waals surface area contributed by atoms with Crippen molar-refractivity contribution in [3.05, 3.63) is 12.0 Å². The van der Waals surface area contributed by atoms with Gasteiger partial charge in [-0.3, -0.25) is 0 Å². The van der Waals surface area contributed by atoms with Crippen molar-refractivity contribution in [1.29, 1.82) is 0 Å². The molecule has 0 spiro atoms. The van der Waals surface area contributed by atoms with Crippen LogP contribution in [0.4, 0.5) is 0 Å². The minimum absolute atomic E-state index is 0.741. The summed E-state index contributed by atoms with van der Waals surface area (Å²) in [6, 6.07) is 0. The van der Waals surface area contributed by atoms with Crippen molar-refractivity contribution in [2.45, 2.75) is 25.5 Å². The van der Waals surface area contributed by atoms with E-state index in [1.54, 1.807) is 18.0 Å². The molecule has 0 atom stereocenters. The number of hydrogen-bond donors (Lipinski definition) is 0. The predicted octanol–water partition coefficient (Wildman–Crippen LogP) is 2.49. The van der Waals surface area contributed by atoms with E-state index >= 15 is 0 Å². The molecule has 0 aliphatic rings. The summed E-state index contributed by atoms with van der Waals surface area (Å²) in [4.78, 5) is 4.16. The number of oxazole rings is 1. The first-order chi connectivity index (χ1) is 5.83. The first kappa shape index (κ1) is 9.21. The number of hydrogen-bond acceptors (Lipinski definition) is 3. The zero-order valence-corrected chi connectivity index (χ0v) is 8.07. The molecule has 0 unspecified atom stereocenters. The number of nitrogens with zero attached hydrogens (tertiary/aromatic N) is 1. The molecule has 1 aromatic rings. The highest BCUT2D eigenvalue weighted by Crippen LogP contribution is 2.16. The fourth-order valence-electron chi connectivity index (χ4n) is 0.713. The molecule has 12 heavy (non-hydrogen) atoms. The topological polar surface area (TPSA) is 26.0 Å². The fraction of sp³-hybridized carbons (Fsp3) is 0.444. The van der Waals surface area contributed by atoms with E-state index in [-0.39, 0.29) is 0 Å². The van der Waals surface area contributed by atoms with E-state index < -0.39 is 0 Å². The van der Waals surface area contributed by atoms with E-state index in [9.17, 15) is 0 Å². The number of thioether (sulfide) groups is 1. The first-order valence-electron chi connectivity index (χ1n) is 3.77. The SMILES string of the molecule is CC#CCCSc1nc(C)co1. The molecule has 0 aliphatic carbocycles. The van der Waals surface area contributed by atoms with Crippen LogP contribution in [0.3, 0.4) is 0 Å². The molecule has 0 saturated heterocycles. The largest absolute Gasteiger partial charge is 0.440 e. The third-order valence-corrected chi connectivity index (χ3v) is 2.07. The Balaban J connectivity index is 2.27. The molecule has 64 valence electrons. The van der Waals surface area contributed by atoms with Gasteiger partial charge in [-0.1, -0.05) is 11.8 Å². The van der Waals surface area contributed by atoms with Gasteiger partial charge in [-0.2, -0.15) is 0 Å². The lowest BCUT2D eigenvalue weighted by Crippen LogP contribution is -1.77. The van der Waals surface area contributed by atoms with Gasteiger partial charge in [-0.15, -0.1) is 11.8 Å². The molecule has 1 aromatic heterocycles. The van der Waals surface area contributed by atoms with Crippen LogP contribution in [0, 0.1) is 18.8 Å². The first-order valence-corrected chi connectivity index (χ1v) is 4.76. The molecule has 1 heterocycles. The molecule has 1 rings (SSSR count). The summed E-state index contributed by atoms with van der Waals surface area (Å²) in [7, 11) is 0. The molecule has 0 N–H and O–H groups in total. The molecule has 0 aromatic carbocycles. The average molecular weight is 181 g/mol. The average Bonchev–Trinajstić information content (AvgIpc) is 2.45. The second-order valence-corrected chi connectivity index (χ2v) is 3.33. The summed E-state index contributed by atoms with van der Waals surface area (Å²) in [5.41, 5.74) is 0.930. The maximum Gasteiger partial charge on any atom is 0.255 e. The van der Waals surface area contributed by atoms with Gasteiger partial charge in [-0.25, -0.2) is 4.98 Å². The summed E-state index contributed by atoms with van der Waals surface area (Å²) in [5.74, 6) is 6.78. The molecule has 3 heteroatoms. The Kier molecular flexibility index (Phi) is 3.75. The van der Waals surface area contributed by atoms with Gasteiger partial charge in [0, 0.05) is 12.2 Å². The number of aryl methyl sites for hydroxylation is 1. The van der Waals surface area contributed by atoms with E-state index in [1.165, 1.54) is 0 Å². The third kappa shape index (κ3) is 3.02. The van der Waals surface area contributed by atoms with Gasteiger partial charge >= 0.3 is 0 Å². The maximum atomic E-state index is 5.15. The quantitative estimate of drug-likeness (QED) is 0.407. The molecular formula is C9H11NOS. The van der Waals surface area contributed by atoms with Crippen LogP contribution in [-0.4, -0.2) is 10.7 Å². The summed E-state index contributed by atoms with van der Waals surface area (Å²) in [5, 5.41) is 0.741. The van der Waals surface area contributed by atoms with Crippen molar-refractivity contribution >= 4 is 11.8 Å². The van der Waals surface area contributed by atoms with Crippen molar-refractivity contribution in [2.24, 2.45) is 0 Å². The molecule has 0 amide bonds. The Bertz CT molecular complexity index is 295. The minimum Gasteiger partial charge on any atom is -0.440 e. The molecule has 0 bridgehead atoms. The molecule has 0 saturated carbocycles. The van der Waals surface area contributed by atoms with Crippen molar-refractivity contribution in [3.8, 4) is 11.8 Å². The number of aromatic nitrogens is 1. The zero-order chi connectivity index (χ0) is 8.81. The van der Waals surface area contributed by atoms with Crippen LogP contribution in [0.2, 0.25) is 0 Å². The maximum absolute atomic E-state index is 5.15. The highest BCUT2D eigenvalue weighted by Gasteiger charge is 1.98. The zero-order valence-electron chi connectivity index (χ0n) is 7.26. The normalized spacial score (nSPS) is 9.17. The monoisotopic (exact) mass is 181 g/mol. The minimum atomic E-state index is 0.741. The van der Waals surface area contributed by atoms with Crippen LogP contribution in [0.1, 0.15) is 19.0 Å². The number of rotatable bonds is 3. The van der Waals surface area contributed by atoms with Crippen LogP contribution >= 0.6 is 11.8 Å². The van der Waals surface area contributed by atoms with E-state index in [1.807, 2.05) is 13.8 Å². The standard InChI is InChI=1S/C9H11NOS/c1-3-4-5-6-12-9-10-8(2)7-11-9/h7H,5-6H2,1-2H3. The van der Waals surface area contributed by atoms with Gasteiger partial charge in [0.05, 0.1) is 5.69 Å². The van der Waals surface area contributed by atoms with Crippen LogP contribution in [0.25, 0.3) is 0 Å². The molecule has 2 nitrogen and oxygen atoms in total. The third-order valence-electron chi connectivity index (χ3n) is 1.23. The Morgan fingerprint density at radius 1 is 1.67 bits per heavy atom. The van der Waals surface area contributed by atoms with Crippen LogP contribution in [-0.2, 0) is 0 Å². The Hall–Kier alpha value is -0.880. The predicted molar refractivity (Wildman–Crippen MR) is 50.0 cm³/mol. The second-order valence-electron chi connectivity index (χ2n) is 2.28. The van der Waals surface area contributed by atoms with Crippen LogP contribution in [0.5, 0.6) is 0 Å². The smallest absolute Gasteiger partial charge is 0.255 e. The summed E-state index contributed by atoms with van der Waals surface area (Å²) < 4.78 is 5.15. The van der Waals surface area contributed by atoms with Crippen molar-refractivity contribution in [1.82, 2.24) is 4.98 Å². The van der Waals surface area contributed by atoms with E-state index in [0.29, 0.717) is 0 Å². The van der Waals surface area contributed by atoms with E-state index in [2.05, 4.69) is 16.8 Å². The van der Waals surface area contributed by atoms with Crippen LogP contribution < -0.4 is 0 Å². The molecular weight excluding hydrogens is 170 g/mol. The Morgan fingerprint density at radius 3 is 3.08 bits per heavy atom. The lowest BCUT2D eigenvalue weighted by atomic mass is 10.5. The summed E-state index contributed by atoms with van der Waals surface area (Å²) >= 11 is 1.60. The van der Waals surface area contributed by atoms with E-state index in [0.717, 1.165) is 23.1 Å². The van der Waals surface area contributed by atoms with Gasteiger partial charge in [0.1, 0.15) is 6.26 Å². The van der Waals surface area contributed by atoms with Crippen molar-refractivity contribution in [3.63, 3.8) is 0 Å². The Labute approximate surface area is 76.8 Å².